The number of aliphatic hydroxyl groups excluding tert-OH is 1. The van der Waals surface area contributed by atoms with E-state index in [4.69, 9.17) is 20.3 Å². The normalized spacial score (nSPS) is 14.5. The number of ether oxygens (including phenoxy) is 1. The zero-order chi connectivity index (χ0) is 23.9. The van der Waals surface area contributed by atoms with E-state index in [2.05, 4.69) is 13.8 Å². The smallest absolute Gasteiger partial charge is 0.419 e. The van der Waals surface area contributed by atoms with Crippen molar-refractivity contribution in [1.29, 1.82) is 0 Å². The summed E-state index contributed by atoms with van der Waals surface area (Å²) in [7, 11) is -5.21. The molecule has 11 heteroatoms. The molecule has 1 atom stereocenters. The second-order valence-electron chi connectivity index (χ2n) is 8.08. The van der Waals surface area contributed by atoms with Crippen LogP contribution in [0.15, 0.2) is 18.2 Å². The van der Waals surface area contributed by atoms with E-state index in [0.717, 1.165) is 25.3 Å². The number of benzene rings is 1. The summed E-state index contributed by atoms with van der Waals surface area (Å²) in [6.45, 7) is 3.30. The molecule has 0 radical (unpaired) electrons. The van der Waals surface area contributed by atoms with Crippen LogP contribution in [0.3, 0.4) is 0 Å². The molecule has 1 unspecified atom stereocenters. The lowest BCUT2D eigenvalue weighted by Crippen LogP contribution is -2.51. The van der Waals surface area contributed by atoms with Gasteiger partial charge in [-0.3, -0.25) is 9.36 Å². The van der Waals surface area contributed by atoms with Crippen molar-refractivity contribution < 1.29 is 42.2 Å². The molecule has 0 aromatic heterocycles. The number of aliphatic hydroxyl groups is 1. The molecule has 0 amide bonds. The van der Waals surface area contributed by atoms with Crippen molar-refractivity contribution >= 4 is 13.1 Å². The number of aryl methyl sites for hydroxylation is 1. The maximum absolute atomic E-state index is 13.5. The molecule has 0 saturated heterocycles. The topological polar surface area (TPSA) is 130 Å². The summed E-state index contributed by atoms with van der Waals surface area (Å²) < 4.78 is 56.9. The third-order valence-electron chi connectivity index (χ3n) is 4.87. The van der Waals surface area contributed by atoms with E-state index in [9.17, 15) is 27.6 Å². The fourth-order valence-corrected chi connectivity index (χ4v) is 3.77. The predicted octanol–water partition coefficient (Wildman–Crippen LogP) is 3.63. The van der Waals surface area contributed by atoms with Gasteiger partial charge < -0.3 is 25.4 Å². The highest BCUT2D eigenvalue weighted by Crippen LogP contribution is 2.41. The van der Waals surface area contributed by atoms with Gasteiger partial charge in [-0.25, -0.2) is 0 Å². The Morgan fingerprint density at radius 3 is 2.35 bits per heavy atom. The number of alkyl halides is 3. The zero-order valence-electron chi connectivity index (χ0n) is 17.7. The molecule has 0 aliphatic heterocycles. The van der Waals surface area contributed by atoms with Gasteiger partial charge in [0.1, 0.15) is 11.3 Å². The van der Waals surface area contributed by atoms with Crippen LogP contribution in [0.25, 0.3) is 0 Å². The maximum atomic E-state index is 13.5. The minimum atomic E-state index is -5.21. The monoisotopic (exact) mass is 469 g/mol. The van der Waals surface area contributed by atoms with Gasteiger partial charge in [-0.2, -0.15) is 13.2 Å². The van der Waals surface area contributed by atoms with Crippen LogP contribution < -0.4 is 10.5 Å². The number of unbranched alkanes of at least 4 members (excludes halogenated alkanes) is 2. The summed E-state index contributed by atoms with van der Waals surface area (Å²) in [5, 5.41) is 9.32. The van der Waals surface area contributed by atoms with E-state index in [1.807, 2.05) is 0 Å². The molecule has 0 bridgehead atoms. The molecule has 1 rings (SSSR count). The fraction of sp³-hybridized carbons (Fsp3) is 0.650. The Balaban J connectivity index is 2.86. The second kappa shape index (κ2) is 11.4. The minimum Gasteiger partial charge on any atom is -0.493 e. The van der Waals surface area contributed by atoms with E-state index >= 15 is 0 Å². The number of hydrogen-bond donors (Lipinski definition) is 4. The van der Waals surface area contributed by atoms with Crippen LogP contribution in [0.1, 0.15) is 57.1 Å². The highest BCUT2D eigenvalue weighted by molar-refractivity contribution is 7.70. The van der Waals surface area contributed by atoms with Crippen LogP contribution >= 0.6 is 7.60 Å². The Bertz CT molecular complexity index is 781. The summed E-state index contributed by atoms with van der Waals surface area (Å²) in [5.74, 6) is 0.257. The molecule has 0 fully saturated rings. The van der Waals surface area contributed by atoms with Gasteiger partial charge in [0, 0.05) is 0 Å². The van der Waals surface area contributed by atoms with E-state index in [0.29, 0.717) is 12.3 Å². The van der Waals surface area contributed by atoms with Crippen molar-refractivity contribution in [2.45, 2.75) is 64.1 Å². The lowest BCUT2D eigenvalue weighted by Gasteiger charge is -2.25. The molecule has 0 aliphatic carbocycles. The highest BCUT2D eigenvalue weighted by Gasteiger charge is 2.44. The molecule has 0 spiro atoms. The summed E-state index contributed by atoms with van der Waals surface area (Å²) >= 11 is 0. The Morgan fingerprint density at radius 2 is 1.84 bits per heavy atom. The number of nitrogens with two attached hydrogens (primary N) is 1. The van der Waals surface area contributed by atoms with Gasteiger partial charge in [0.2, 0.25) is 0 Å². The van der Waals surface area contributed by atoms with E-state index < -0.39 is 43.4 Å². The SMILES string of the molecule is CC(C)CCCCCOc1ccc(CCC(N)(CO)C(=O)P(=O)(O)O)cc1C(F)(F)F. The Hall–Kier alpha value is -1.45. The van der Waals surface area contributed by atoms with Gasteiger partial charge in [0.15, 0.2) is 0 Å². The first-order valence-corrected chi connectivity index (χ1v) is 11.6. The predicted molar refractivity (Wildman–Crippen MR) is 110 cm³/mol. The van der Waals surface area contributed by atoms with Crippen molar-refractivity contribution in [3.8, 4) is 5.75 Å². The summed E-state index contributed by atoms with van der Waals surface area (Å²) in [5.41, 5.74) is 0.848. The van der Waals surface area contributed by atoms with Gasteiger partial charge >= 0.3 is 13.8 Å². The molecule has 1 aromatic rings. The third kappa shape index (κ3) is 8.90. The first kappa shape index (κ1) is 27.6. The van der Waals surface area contributed by atoms with Crippen LogP contribution in [0, 0.1) is 5.92 Å². The Kier molecular flexibility index (Phi) is 10.2. The standard InChI is InChI=1S/C20H31F3NO6P/c1-14(2)6-4-3-5-11-30-17-8-7-15(12-16(17)20(21,22)23)9-10-19(24,13-25)18(26)31(27,28)29/h7-8,12,14,25H,3-6,9-11,13,24H2,1-2H3,(H2,27,28,29). The maximum Gasteiger partial charge on any atom is 0.419 e. The van der Waals surface area contributed by atoms with Gasteiger partial charge in [-0.1, -0.05) is 39.2 Å². The summed E-state index contributed by atoms with van der Waals surface area (Å²) in [4.78, 5) is 29.8. The average Bonchev–Trinajstić information content (AvgIpc) is 2.67. The number of carbonyl (C=O) groups is 1. The third-order valence-corrected chi connectivity index (χ3v) is 5.84. The Morgan fingerprint density at radius 1 is 1.19 bits per heavy atom. The van der Waals surface area contributed by atoms with Gasteiger partial charge in [0.05, 0.1) is 18.8 Å². The molecule has 0 saturated carbocycles. The van der Waals surface area contributed by atoms with Crippen LogP contribution in [0.2, 0.25) is 0 Å². The summed E-state index contributed by atoms with van der Waals surface area (Å²) in [6, 6.07) is 3.39. The minimum absolute atomic E-state index is 0.137. The average molecular weight is 469 g/mol. The fourth-order valence-electron chi connectivity index (χ4n) is 3.00. The molecule has 178 valence electrons. The van der Waals surface area contributed by atoms with Crippen molar-refractivity contribution in [2.75, 3.05) is 13.2 Å². The van der Waals surface area contributed by atoms with Crippen molar-refractivity contribution in [3.05, 3.63) is 29.3 Å². The molecule has 0 aliphatic rings. The Labute approximate surface area is 179 Å². The molecule has 1 aromatic carbocycles. The quantitative estimate of drug-likeness (QED) is 0.256. The first-order valence-electron chi connectivity index (χ1n) is 10.0. The number of halogens is 3. The van der Waals surface area contributed by atoms with E-state index in [1.54, 1.807) is 0 Å². The van der Waals surface area contributed by atoms with Gasteiger partial charge in [0.25, 0.3) is 5.52 Å². The molecule has 5 N–H and O–H groups in total. The highest BCUT2D eigenvalue weighted by atomic mass is 31.2. The molecular formula is C20H31F3NO6P. The van der Waals surface area contributed by atoms with Crippen LogP contribution in [0.4, 0.5) is 13.2 Å². The van der Waals surface area contributed by atoms with Gasteiger partial charge in [-0.05, 0) is 42.9 Å². The van der Waals surface area contributed by atoms with Crippen molar-refractivity contribution in [1.82, 2.24) is 0 Å². The molecular weight excluding hydrogens is 438 g/mol. The van der Waals surface area contributed by atoms with Gasteiger partial charge in [-0.15, -0.1) is 0 Å². The second-order valence-corrected chi connectivity index (χ2v) is 9.58. The van der Waals surface area contributed by atoms with Crippen LogP contribution in [-0.4, -0.2) is 39.2 Å². The summed E-state index contributed by atoms with van der Waals surface area (Å²) in [6.07, 6.45) is -1.83. The van der Waals surface area contributed by atoms with Crippen LogP contribution in [0.5, 0.6) is 5.75 Å². The van der Waals surface area contributed by atoms with Crippen LogP contribution in [-0.2, 0) is 22.0 Å². The van der Waals surface area contributed by atoms with Crippen molar-refractivity contribution in [2.24, 2.45) is 11.7 Å². The number of hydrogen-bond acceptors (Lipinski definition) is 5. The number of carbonyl (C=O) groups excluding carboxylic acids is 1. The largest absolute Gasteiger partial charge is 0.493 e. The number of rotatable bonds is 13. The molecule has 31 heavy (non-hydrogen) atoms. The van der Waals surface area contributed by atoms with E-state index in [-0.39, 0.29) is 24.3 Å². The lowest BCUT2D eigenvalue weighted by molar-refractivity contribution is -0.139. The molecule has 0 heterocycles. The first-order chi connectivity index (χ1) is 14.2. The lowest BCUT2D eigenvalue weighted by atomic mass is 9.93. The molecule has 7 nitrogen and oxygen atoms in total. The van der Waals surface area contributed by atoms with Crippen molar-refractivity contribution in [3.63, 3.8) is 0 Å². The van der Waals surface area contributed by atoms with E-state index in [1.165, 1.54) is 12.1 Å². The zero-order valence-corrected chi connectivity index (χ0v) is 18.6.